The van der Waals surface area contributed by atoms with Gasteiger partial charge in [0.15, 0.2) is 0 Å². The van der Waals surface area contributed by atoms with Gasteiger partial charge in [-0.1, -0.05) is 18.2 Å². The van der Waals surface area contributed by atoms with E-state index >= 15 is 0 Å². The standard InChI is InChI=1S/C16H14N2OS/c17-14-13-11-8-4-5-9-12(11)20-16(13)18-15(19-14)10-6-2-1-3-7-10/h1-3,6-7,17H,4-5,8-9H2. The molecular formula is C16H14N2OS. The molecule has 1 N–H and O–H groups in total. The Morgan fingerprint density at radius 3 is 2.75 bits per heavy atom. The molecule has 0 saturated heterocycles. The van der Waals surface area contributed by atoms with Crippen LogP contribution >= 0.6 is 11.3 Å². The van der Waals surface area contributed by atoms with Crippen molar-refractivity contribution in [2.24, 2.45) is 0 Å². The smallest absolute Gasteiger partial charge is 0.229 e. The van der Waals surface area contributed by atoms with Crippen LogP contribution in [-0.2, 0) is 12.8 Å². The number of hydrogen-bond donors (Lipinski definition) is 1. The fraction of sp³-hybridized carbons (Fsp3) is 0.250. The van der Waals surface area contributed by atoms with E-state index in [1.54, 1.807) is 11.3 Å². The first-order valence-corrected chi connectivity index (χ1v) is 7.70. The lowest BCUT2D eigenvalue weighted by Crippen LogP contribution is -2.06. The van der Waals surface area contributed by atoms with Gasteiger partial charge in [0.2, 0.25) is 11.4 Å². The second kappa shape index (κ2) is 4.56. The minimum atomic E-state index is 0.258. The molecule has 100 valence electrons. The molecule has 0 saturated carbocycles. The van der Waals surface area contributed by atoms with E-state index in [2.05, 4.69) is 4.98 Å². The van der Waals surface area contributed by atoms with Crippen LogP contribution in [0.3, 0.4) is 0 Å². The Bertz CT molecular complexity index is 833. The number of thiophene rings is 1. The molecule has 4 rings (SSSR count). The fourth-order valence-corrected chi connectivity index (χ4v) is 4.08. The minimum absolute atomic E-state index is 0.258. The molecule has 2 heterocycles. The van der Waals surface area contributed by atoms with Crippen LogP contribution in [0.15, 0.2) is 34.7 Å². The molecule has 4 heteroatoms. The van der Waals surface area contributed by atoms with Gasteiger partial charge >= 0.3 is 0 Å². The lowest BCUT2D eigenvalue weighted by atomic mass is 9.97. The topological polar surface area (TPSA) is 49.9 Å². The van der Waals surface area contributed by atoms with Gasteiger partial charge in [0.25, 0.3) is 0 Å². The van der Waals surface area contributed by atoms with Gasteiger partial charge in [-0.25, -0.2) is 4.98 Å². The summed E-state index contributed by atoms with van der Waals surface area (Å²) in [7, 11) is 0. The van der Waals surface area contributed by atoms with Gasteiger partial charge in [-0.05, 0) is 43.4 Å². The number of rotatable bonds is 1. The Kier molecular flexibility index (Phi) is 2.70. The van der Waals surface area contributed by atoms with Crippen LogP contribution in [0.1, 0.15) is 23.3 Å². The Morgan fingerprint density at radius 2 is 1.90 bits per heavy atom. The molecule has 2 aromatic heterocycles. The van der Waals surface area contributed by atoms with Crippen molar-refractivity contribution in [3.63, 3.8) is 0 Å². The van der Waals surface area contributed by atoms with Gasteiger partial charge in [-0.15, -0.1) is 11.3 Å². The molecule has 0 bridgehead atoms. The third-order valence-electron chi connectivity index (χ3n) is 3.80. The summed E-state index contributed by atoms with van der Waals surface area (Å²) in [4.78, 5) is 6.99. The predicted octanol–water partition coefficient (Wildman–Crippen LogP) is 3.91. The lowest BCUT2D eigenvalue weighted by Gasteiger charge is -2.09. The van der Waals surface area contributed by atoms with E-state index in [0.717, 1.165) is 28.6 Å². The second-order valence-electron chi connectivity index (χ2n) is 5.11. The molecule has 1 aliphatic carbocycles. The van der Waals surface area contributed by atoms with Gasteiger partial charge in [0.05, 0.1) is 5.39 Å². The maximum absolute atomic E-state index is 8.21. The molecule has 1 aromatic carbocycles. The summed E-state index contributed by atoms with van der Waals surface area (Å²) in [5.41, 5.74) is 2.49. The van der Waals surface area contributed by atoms with E-state index < -0.39 is 0 Å². The van der Waals surface area contributed by atoms with Crippen LogP contribution in [0.25, 0.3) is 21.7 Å². The van der Waals surface area contributed by atoms with Crippen LogP contribution in [0.5, 0.6) is 0 Å². The largest absolute Gasteiger partial charge is 0.420 e. The summed E-state index contributed by atoms with van der Waals surface area (Å²) in [6, 6.07) is 9.81. The third-order valence-corrected chi connectivity index (χ3v) is 4.99. The van der Waals surface area contributed by atoms with Crippen molar-refractivity contribution in [1.82, 2.24) is 4.98 Å². The molecule has 0 spiro atoms. The SMILES string of the molecule is N=c1oc(-c2ccccc2)nc2sc3c(c12)CCCC3. The van der Waals surface area contributed by atoms with Gasteiger partial charge in [-0.3, -0.25) is 5.41 Å². The van der Waals surface area contributed by atoms with E-state index in [9.17, 15) is 0 Å². The first-order chi connectivity index (χ1) is 9.83. The van der Waals surface area contributed by atoms with E-state index in [1.165, 1.54) is 23.3 Å². The number of nitrogens with zero attached hydrogens (tertiary/aromatic N) is 1. The zero-order valence-corrected chi connectivity index (χ0v) is 11.8. The molecule has 0 atom stereocenters. The van der Waals surface area contributed by atoms with Crippen molar-refractivity contribution >= 4 is 21.6 Å². The molecule has 3 aromatic rings. The number of aromatic nitrogens is 1. The van der Waals surface area contributed by atoms with E-state index in [1.807, 2.05) is 30.3 Å². The number of hydrogen-bond acceptors (Lipinski definition) is 4. The summed E-state index contributed by atoms with van der Waals surface area (Å²) < 4.78 is 5.66. The Hall–Kier alpha value is -1.94. The number of benzene rings is 1. The zero-order valence-electron chi connectivity index (χ0n) is 11.0. The molecule has 1 aliphatic rings. The highest BCUT2D eigenvalue weighted by Crippen LogP contribution is 2.34. The normalized spacial score (nSPS) is 14.4. The second-order valence-corrected chi connectivity index (χ2v) is 6.19. The average molecular weight is 282 g/mol. The van der Waals surface area contributed by atoms with Crippen molar-refractivity contribution in [3.05, 3.63) is 46.3 Å². The monoisotopic (exact) mass is 282 g/mol. The maximum atomic E-state index is 8.21. The summed E-state index contributed by atoms with van der Waals surface area (Å²) in [5.74, 6) is 0.543. The lowest BCUT2D eigenvalue weighted by molar-refractivity contribution is 0.495. The third kappa shape index (κ3) is 1.79. The van der Waals surface area contributed by atoms with Crippen molar-refractivity contribution in [1.29, 1.82) is 5.41 Å². The quantitative estimate of drug-likeness (QED) is 0.735. The van der Waals surface area contributed by atoms with E-state index in [-0.39, 0.29) is 5.55 Å². The first-order valence-electron chi connectivity index (χ1n) is 6.88. The fourth-order valence-electron chi connectivity index (χ4n) is 2.83. The van der Waals surface area contributed by atoms with Gasteiger partial charge in [-0.2, -0.15) is 0 Å². The molecule has 0 radical (unpaired) electrons. The molecular weight excluding hydrogens is 268 g/mol. The minimum Gasteiger partial charge on any atom is -0.420 e. The summed E-state index contributed by atoms with van der Waals surface area (Å²) in [6.07, 6.45) is 4.63. The van der Waals surface area contributed by atoms with E-state index in [4.69, 9.17) is 9.83 Å². The zero-order chi connectivity index (χ0) is 13.5. The van der Waals surface area contributed by atoms with E-state index in [0.29, 0.717) is 5.89 Å². The van der Waals surface area contributed by atoms with Gasteiger partial charge in [0.1, 0.15) is 4.83 Å². The molecule has 0 amide bonds. The number of aryl methyl sites for hydroxylation is 2. The highest BCUT2D eigenvalue weighted by atomic mass is 32.1. The highest BCUT2D eigenvalue weighted by Gasteiger charge is 2.19. The van der Waals surface area contributed by atoms with Crippen LogP contribution in [0, 0.1) is 5.41 Å². The summed E-state index contributed by atoms with van der Waals surface area (Å²) >= 11 is 1.73. The average Bonchev–Trinajstić information content (AvgIpc) is 2.87. The molecule has 0 unspecified atom stereocenters. The summed E-state index contributed by atoms with van der Waals surface area (Å²) in [6.45, 7) is 0. The van der Waals surface area contributed by atoms with Crippen molar-refractivity contribution in [2.75, 3.05) is 0 Å². The van der Waals surface area contributed by atoms with Crippen LogP contribution in [0.2, 0.25) is 0 Å². The number of nitrogens with one attached hydrogen (secondary N) is 1. The van der Waals surface area contributed by atoms with Gasteiger partial charge in [0, 0.05) is 10.4 Å². The molecule has 20 heavy (non-hydrogen) atoms. The molecule has 3 nitrogen and oxygen atoms in total. The Morgan fingerprint density at radius 1 is 1.10 bits per heavy atom. The van der Waals surface area contributed by atoms with Gasteiger partial charge < -0.3 is 4.42 Å². The molecule has 0 fully saturated rings. The highest BCUT2D eigenvalue weighted by molar-refractivity contribution is 7.18. The van der Waals surface area contributed by atoms with Crippen molar-refractivity contribution < 1.29 is 4.42 Å². The number of fused-ring (bicyclic) bond motifs is 3. The maximum Gasteiger partial charge on any atom is 0.229 e. The van der Waals surface area contributed by atoms with Crippen LogP contribution < -0.4 is 5.55 Å². The van der Waals surface area contributed by atoms with Crippen LogP contribution in [0.4, 0.5) is 0 Å². The predicted molar refractivity (Wildman–Crippen MR) is 79.8 cm³/mol. The first kappa shape index (κ1) is 11.9. The Labute approximate surface area is 120 Å². The van der Waals surface area contributed by atoms with Crippen molar-refractivity contribution in [2.45, 2.75) is 25.7 Å². The van der Waals surface area contributed by atoms with Crippen LogP contribution in [-0.4, -0.2) is 4.98 Å². The Balaban J connectivity index is 1.97. The van der Waals surface area contributed by atoms with Crippen molar-refractivity contribution in [3.8, 4) is 11.5 Å². The molecule has 0 aliphatic heterocycles. The summed E-state index contributed by atoms with van der Waals surface area (Å²) in [5, 5.41) is 9.15.